The summed E-state index contributed by atoms with van der Waals surface area (Å²) in [6.45, 7) is 2.06. The van der Waals surface area contributed by atoms with E-state index < -0.39 is 0 Å². The summed E-state index contributed by atoms with van der Waals surface area (Å²) in [5.74, 6) is 0. The number of nitrogens with two attached hydrogens (primary N) is 1. The predicted octanol–water partition coefficient (Wildman–Crippen LogP) is 4.16. The lowest BCUT2D eigenvalue weighted by molar-refractivity contribution is 0.886. The maximum Gasteiger partial charge on any atom is 0.0717 e. The van der Waals surface area contributed by atoms with Crippen LogP contribution in [0.1, 0.15) is 31.4 Å². The lowest BCUT2D eigenvalue weighted by Gasteiger charge is -2.12. The Morgan fingerprint density at radius 3 is 2.78 bits per heavy atom. The van der Waals surface area contributed by atoms with Crippen molar-refractivity contribution in [3.05, 3.63) is 30.0 Å². The number of rotatable bonds is 2. The van der Waals surface area contributed by atoms with Crippen molar-refractivity contribution in [2.75, 3.05) is 5.73 Å². The summed E-state index contributed by atoms with van der Waals surface area (Å²) in [6, 6.07) is 8.21. The first-order valence-electron chi connectivity index (χ1n) is 6.56. The smallest absolute Gasteiger partial charge is 0.0717 e. The van der Waals surface area contributed by atoms with Crippen LogP contribution in [0.15, 0.2) is 29.2 Å². The van der Waals surface area contributed by atoms with E-state index in [2.05, 4.69) is 24.0 Å². The van der Waals surface area contributed by atoms with E-state index >= 15 is 0 Å². The standard InChI is InChI=1S/C15H18N2S/c1-10-8-15(18-12-4-2-3-5-12)13-9-11(16)6-7-14(13)17-10/h6-9,12H,2-5,16H2,1H3. The molecule has 18 heavy (non-hydrogen) atoms. The molecule has 0 spiro atoms. The Balaban J connectivity index is 2.05. The maximum atomic E-state index is 5.90. The molecule has 0 unspecified atom stereocenters. The highest BCUT2D eigenvalue weighted by atomic mass is 32.2. The fraction of sp³-hybridized carbons (Fsp3) is 0.400. The van der Waals surface area contributed by atoms with Gasteiger partial charge in [0, 0.05) is 26.9 Å². The Morgan fingerprint density at radius 2 is 2.00 bits per heavy atom. The van der Waals surface area contributed by atoms with Gasteiger partial charge in [-0.2, -0.15) is 0 Å². The zero-order chi connectivity index (χ0) is 12.5. The van der Waals surface area contributed by atoms with Crippen molar-refractivity contribution in [3.8, 4) is 0 Å². The summed E-state index contributed by atoms with van der Waals surface area (Å²) >= 11 is 2.01. The Hall–Kier alpha value is -1.22. The number of hydrogen-bond donors (Lipinski definition) is 1. The van der Waals surface area contributed by atoms with E-state index in [9.17, 15) is 0 Å². The molecule has 0 radical (unpaired) electrons. The average molecular weight is 258 g/mol. The third-order valence-electron chi connectivity index (χ3n) is 3.52. The van der Waals surface area contributed by atoms with Crippen molar-refractivity contribution in [2.45, 2.75) is 42.8 Å². The second kappa shape index (κ2) is 4.81. The highest BCUT2D eigenvalue weighted by Gasteiger charge is 2.17. The van der Waals surface area contributed by atoms with Crippen molar-refractivity contribution >= 4 is 28.4 Å². The largest absolute Gasteiger partial charge is 0.399 e. The maximum absolute atomic E-state index is 5.90. The molecule has 1 aromatic carbocycles. The minimum Gasteiger partial charge on any atom is -0.399 e. The fourth-order valence-electron chi connectivity index (χ4n) is 2.62. The first kappa shape index (κ1) is 11.8. The normalized spacial score (nSPS) is 16.5. The zero-order valence-electron chi connectivity index (χ0n) is 10.6. The van der Waals surface area contributed by atoms with Crippen molar-refractivity contribution in [1.29, 1.82) is 0 Å². The molecule has 0 bridgehead atoms. The monoisotopic (exact) mass is 258 g/mol. The first-order valence-corrected chi connectivity index (χ1v) is 7.44. The second-order valence-electron chi connectivity index (χ2n) is 5.06. The summed E-state index contributed by atoms with van der Waals surface area (Å²) in [6.07, 6.45) is 5.44. The molecule has 2 N–H and O–H groups in total. The van der Waals surface area contributed by atoms with Crippen molar-refractivity contribution in [2.24, 2.45) is 0 Å². The van der Waals surface area contributed by atoms with Gasteiger partial charge in [0.2, 0.25) is 0 Å². The summed E-state index contributed by atoms with van der Waals surface area (Å²) in [5.41, 5.74) is 8.87. The van der Waals surface area contributed by atoms with Crippen molar-refractivity contribution in [1.82, 2.24) is 4.98 Å². The molecule has 3 heteroatoms. The van der Waals surface area contributed by atoms with Crippen LogP contribution in [0.5, 0.6) is 0 Å². The van der Waals surface area contributed by atoms with E-state index in [1.54, 1.807) is 0 Å². The minimum absolute atomic E-state index is 0.774. The van der Waals surface area contributed by atoms with Gasteiger partial charge in [0.15, 0.2) is 0 Å². The van der Waals surface area contributed by atoms with Crippen molar-refractivity contribution < 1.29 is 0 Å². The van der Waals surface area contributed by atoms with Gasteiger partial charge in [-0.3, -0.25) is 4.98 Å². The number of anilines is 1. The summed E-state index contributed by atoms with van der Waals surface area (Å²) in [7, 11) is 0. The third-order valence-corrected chi connectivity index (χ3v) is 4.92. The topological polar surface area (TPSA) is 38.9 Å². The lowest BCUT2D eigenvalue weighted by atomic mass is 10.2. The lowest BCUT2D eigenvalue weighted by Crippen LogP contribution is -1.96. The zero-order valence-corrected chi connectivity index (χ0v) is 11.5. The third kappa shape index (κ3) is 2.32. The Bertz CT molecular complexity index is 574. The van der Waals surface area contributed by atoms with Crippen LogP contribution in [0, 0.1) is 6.92 Å². The molecular weight excluding hydrogens is 240 g/mol. The van der Waals surface area contributed by atoms with Gasteiger partial charge in [0.1, 0.15) is 0 Å². The Kier molecular flexibility index (Phi) is 3.16. The van der Waals surface area contributed by atoms with Crippen LogP contribution in [-0.2, 0) is 0 Å². The SMILES string of the molecule is Cc1cc(SC2CCCC2)c2cc(N)ccc2n1. The molecule has 94 valence electrons. The predicted molar refractivity (Wildman–Crippen MR) is 79.0 cm³/mol. The summed E-state index contributed by atoms with van der Waals surface area (Å²) in [4.78, 5) is 5.93. The van der Waals surface area contributed by atoms with E-state index in [1.165, 1.54) is 36.0 Å². The molecule has 1 fully saturated rings. The van der Waals surface area contributed by atoms with Crippen LogP contribution >= 0.6 is 11.8 Å². The molecule has 2 nitrogen and oxygen atoms in total. The van der Waals surface area contributed by atoms with E-state index in [4.69, 9.17) is 5.73 Å². The number of pyridine rings is 1. The van der Waals surface area contributed by atoms with Gasteiger partial charge in [-0.1, -0.05) is 12.8 Å². The first-order chi connectivity index (χ1) is 8.72. The van der Waals surface area contributed by atoms with E-state index in [0.717, 1.165) is 22.1 Å². The van der Waals surface area contributed by atoms with Gasteiger partial charge in [-0.15, -0.1) is 11.8 Å². The van der Waals surface area contributed by atoms with Gasteiger partial charge in [0.25, 0.3) is 0 Å². The molecule has 2 aromatic rings. The molecule has 0 saturated heterocycles. The Morgan fingerprint density at radius 1 is 1.22 bits per heavy atom. The summed E-state index contributed by atoms with van der Waals surface area (Å²) in [5, 5.41) is 1.98. The number of nitrogen functional groups attached to an aromatic ring is 1. The van der Waals surface area contributed by atoms with Gasteiger partial charge in [0.05, 0.1) is 5.52 Å². The minimum atomic E-state index is 0.774. The molecule has 0 aliphatic heterocycles. The van der Waals surface area contributed by atoms with Gasteiger partial charge in [-0.25, -0.2) is 0 Å². The second-order valence-corrected chi connectivity index (χ2v) is 6.40. The van der Waals surface area contributed by atoms with Gasteiger partial charge >= 0.3 is 0 Å². The highest BCUT2D eigenvalue weighted by molar-refractivity contribution is 8.00. The van der Waals surface area contributed by atoms with Crippen LogP contribution in [-0.4, -0.2) is 10.2 Å². The number of fused-ring (bicyclic) bond motifs is 1. The van der Waals surface area contributed by atoms with E-state index in [1.807, 2.05) is 23.9 Å². The van der Waals surface area contributed by atoms with Crippen LogP contribution in [0.3, 0.4) is 0 Å². The number of benzene rings is 1. The highest BCUT2D eigenvalue weighted by Crippen LogP contribution is 2.38. The molecular formula is C15H18N2S. The quantitative estimate of drug-likeness (QED) is 0.822. The number of aromatic nitrogens is 1. The van der Waals surface area contributed by atoms with E-state index in [-0.39, 0.29) is 0 Å². The molecule has 1 saturated carbocycles. The van der Waals surface area contributed by atoms with Crippen LogP contribution in [0.2, 0.25) is 0 Å². The van der Waals surface area contributed by atoms with Crippen LogP contribution < -0.4 is 5.73 Å². The van der Waals surface area contributed by atoms with Crippen LogP contribution in [0.25, 0.3) is 10.9 Å². The molecule has 3 rings (SSSR count). The average Bonchev–Trinajstić information content (AvgIpc) is 2.83. The molecule has 0 atom stereocenters. The fourth-order valence-corrected chi connectivity index (χ4v) is 4.08. The molecule has 0 amide bonds. The number of thioether (sulfide) groups is 1. The molecule has 1 heterocycles. The van der Waals surface area contributed by atoms with Gasteiger partial charge in [-0.05, 0) is 44.0 Å². The molecule has 1 aromatic heterocycles. The van der Waals surface area contributed by atoms with Crippen molar-refractivity contribution in [3.63, 3.8) is 0 Å². The molecule has 1 aliphatic carbocycles. The molecule has 1 aliphatic rings. The van der Waals surface area contributed by atoms with E-state index in [0.29, 0.717) is 0 Å². The van der Waals surface area contributed by atoms with Crippen LogP contribution in [0.4, 0.5) is 5.69 Å². The summed E-state index contributed by atoms with van der Waals surface area (Å²) < 4.78 is 0. The Labute approximate surface area is 112 Å². The number of nitrogens with zero attached hydrogens (tertiary/aromatic N) is 1. The number of aryl methyl sites for hydroxylation is 1. The number of hydrogen-bond acceptors (Lipinski definition) is 3. The van der Waals surface area contributed by atoms with Gasteiger partial charge < -0.3 is 5.73 Å².